The molecule has 16 heavy (non-hydrogen) atoms. The van der Waals surface area contributed by atoms with Gasteiger partial charge < -0.3 is 16.0 Å². The van der Waals surface area contributed by atoms with E-state index in [0.717, 1.165) is 24.5 Å². The van der Waals surface area contributed by atoms with Crippen LogP contribution in [0.1, 0.15) is 19.4 Å². The number of nitrogens with zero attached hydrogens (tertiary/aromatic N) is 1. The first-order chi connectivity index (χ1) is 7.58. The highest BCUT2D eigenvalue weighted by Gasteiger charge is 2.08. The number of hydrogen-bond donors (Lipinski definition) is 2. The molecule has 0 aliphatic rings. The van der Waals surface area contributed by atoms with Crippen LogP contribution in [0.5, 0.6) is 0 Å². The van der Waals surface area contributed by atoms with Crippen LogP contribution in [0.2, 0.25) is 0 Å². The highest BCUT2D eigenvalue weighted by atomic mass is 32.1. The Hall–Kier alpha value is -1.29. The van der Waals surface area contributed by atoms with Crippen LogP contribution >= 0.6 is 12.2 Å². The zero-order valence-electron chi connectivity index (χ0n) is 10.1. The maximum Gasteiger partial charge on any atom is 0.168 e. The third kappa shape index (κ3) is 3.10. The van der Waals surface area contributed by atoms with Gasteiger partial charge in [-0.1, -0.05) is 6.07 Å². The van der Waals surface area contributed by atoms with Crippen molar-refractivity contribution >= 4 is 28.7 Å². The lowest BCUT2D eigenvalue weighted by molar-refractivity contribution is 0.867. The van der Waals surface area contributed by atoms with Crippen LogP contribution in [0.25, 0.3) is 0 Å². The number of rotatable bonds is 4. The van der Waals surface area contributed by atoms with Crippen molar-refractivity contribution in [3.8, 4) is 0 Å². The van der Waals surface area contributed by atoms with Gasteiger partial charge in [-0.3, -0.25) is 0 Å². The van der Waals surface area contributed by atoms with Gasteiger partial charge >= 0.3 is 0 Å². The van der Waals surface area contributed by atoms with Gasteiger partial charge in [0.15, 0.2) is 5.11 Å². The lowest BCUT2D eigenvalue weighted by Gasteiger charge is -2.24. The Morgan fingerprint density at radius 3 is 2.50 bits per heavy atom. The molecule has 0 fully saturated rings. The summed E-state index contributed by atoms with van der Waals surface area (Å²) in [5.74, 6) is 0. The maximum absolute atomic E-state index is 5.53. The second kappa shape index (κ2) is 5.70. The largest absolute Gasteiger partial charge is 0.376 e. The Morgan fingerprint density at radius 2 is 2.00 bits per heavy atom. The fourth-order valence-electron chi connectivity index (χ4n) is 1.72. The molecule has 4 heteroatoms. The molecule has 3 nitrogen and oxygen atoms in total. The number of aryl methyl sites for hydroxylation is 1. The number of thiocarbonyl (C=S) groups is 1. The summed E-state index contributed by atoms with van der Waals surface area (Å²) in [5.41, 5.74) is 8.84. The first kappa shape index (κ1) is 12.8. The summed E-state index contributed by atoms with van der Waals surface area (Å²) >= 11 is 4.89. The Bertz CT molecular complexity index is 373. The summed E-state index contributed by atoms with van der Waals surface area (Å²) in [6.07, 6.45) is 0. The molecule has 0 aliphatic heterocycles. The maximum atomic E-state index is 5.53. The normalized spacial score (nSPS) is 9.94. The minimum Gasteiger partial charge on any atom is -0.376 e. The zero-order valence-corrected chi connectivity index (χ0v) is 10.9. The van der Waals surface area contributed by atoms with Gasteiger partial charge in [-0.05, 0) is 50.7 Å². The van der Waals surface area contributed by atoms with E-state index in [4.69, 9.17) is 18.0 Å². The van der Waals surface area contributed by atoms with Crippen molar-refractivity contribution in [3.05, 3.63) is 23.8 Å². The predicted molar refractivity (Wildman–Crippen MR) is 75.1 cm³/mol. The van der Waals surface area contributed by atoms with Gasteiger partial charge in [-0.2, -0.15) is 0 Å². The lowest BCUT2D eigenvalue weighted by atomic mass is 10.1. The quantitative estimate of drug-likeness (QED) is 0.790. The molecular formula is C12H19N3S. The monoisotopic (exact) mass is 237 g/mol. The van der Waals surface area contributed by atoms with E-state index >= 15 is 0 Å². The van der Waals surface area contributed by atoms with Gasteiger partial charge in [-0.25, -0.2) is 0 Å². The van der Waals surface area contributed by atoms with Crippen LogP contribution < -0.4 is 16.0 Å². The van der Waals surface area contributed by atoms with Crippen molar-refractivity contribution in [1.82, 2.24) is 0 Å². The molecule has 0 saturated carbocycles. The molecular weight excluding hydrogens is 218 g/mol. The Morgan fingerprint density at radius 1 is 1.38 bits per heavy atom. The third-order valence-corrected chi connectivity index (χ3v) is 2.62. The Balaban J connectivity index is 3.10. The molecule has 0 radical (unpaired) electrons. The number of nitrogens with two attached hydrogens (primary N) is 1. The molecule has 0 atom stereocenters. The second-order valence-corrected chi connectivity index (χ2v) is 4.12. The van der Waals surface area contributed by atoms with E-state index in [1.165, 1.54) is 5.56 Å². The fraction of sp³-hybridized carbons (Fsp3) is 0.417. The van der Waals surface area contributed by atoms with Gasteiger partial charge in [0, 0.05) is 13.1 Å². The first-order valence-corrected chi connectivity index (χ1v) is 5.91. The highest BCUT2D eigenvalue weighted by Crippen LogP contribution is 2.26. The van der Waals surface area contributed by atoms with Crippen molar-refractivity contribution in [2.24, 2.45) is 5.73 Å². The second-order valence-electron chi connectivity index (χ2n) is 3.68. The van der Waals surface area contributed by atoms with Crippen LogP contribution in [-0.4, -0.2) is 18.2 Å². The molecule has 0 aliphatic carbocycles. The summed E-state index contributed by atoms with van der Waals surface area (Å²) in [7, 11) is 0. The number of anilines is 2. The molecule has 88 valence electrons. The standard InChI is InChI=1S/C12H19N3S/c1-4-15(5-2)11-7-6-9(3)8-10(11)14-12(13)16/h6-8H,4-5H2,1-3H3,(H3,13,14,16). The molecule has 0 aromatic heterocycles. The van der Waals surface area contributed by atoms with Crippen molar-refractivity contribution < 1.29 is 0 Å². The summed E-state index contributed by atoms with van der Waals surface area (Å²) in [4.78, 5) is 2.26. The fourth-order valence-corrected chi connectivity index (χ4v) is 1.83. The Kier molecular flexibility index (Phi) is 4.55. The van der Waals surface area contributed by atoms with Crippen LogP contribution in [0, 0.1) is 6.92 Å². The van der Waals surface area contributed by atoms with Crippen LogP contribution in [0.4, 0.5) is 11.4 Å². The van der Waals surface area contributed by atoms with Crippen LogP contribution in [-0.2, 0) is 0 Å². The summed E-state index contributed by atoms with van der Waals surface area (Å²) < 4.78 is 0. The average Bonchev–Trinajstić information content (AvgIpc) is 2.21. The molecule has 0 saturated heterocycles. The zero-order chi connectivity index (χ0) is 12.1. The Labute approximate surface area is 103 Å². The molecule has 3 N–H and O–H groups in total. The van der Waals surface area contributed by atoms with Crippen LogP contribution in [0.15, 0.2) is 18.2 Å². The van der Waals surface area contributed by atoms with E-state index in [9.17, 15) is 0 Å². The van der Waals surface area contributed by atoms with E-state index in [-0.39, 0.29) is 0 Å². The molecule has 1 rings (SSSR count). The topological polar surface area (TPSA) is 41.3 Å². The van der Waals surface area contributed by atoms with Crippen molar-refractivity contribution in [2.75, 3.05) is 23.3 Å². The lowest BCUT2D eigenvalue weighted by Crippen LogP contribution is -2.25. The van der Waals surface area contributed by atoms with Crippen molar-refractivity contribution in [1.29, 1.82) is 0 Å². The van der Waals surface area contributed by atoms with Crippen LogP contribution in [0.3, 0.4) is 0 Å². The number of hydrogen-bond acceptors (Lipinski definition) is 2. The SMILES string of the molecule is CCN(CC)c1ccc(C)cc1NC(N)=S. The van der Waals surface area contributed by atoms with Crippen molar-refractivity contribution in [3.63, 3.8) is 0 Å². The summed E-state index contributed by atoms with van der Waals surface area (Å²) in [6, 6.07) is 6.26. The number of benzene rings is 1. The van der Waals surface area contributed by atoms with E-state index in [2.05, 4.69) is 49.2 Å². The van der Waals surface area contributed by atoms with Crippen molar-refractivity contribution in [2.45, 2.75) is 20.8 Å². The van der Waals surface area contributed by atoms with E-state index in [1.807, 2.05) is 0 Å². The van der Waals surface area contributed by atoms with Gasteiger partial charge in [0.2, 0.25) is 0 Å². The summed E-state index contributed by atoms with van der Waals surface area (Å²) in [6.45, 7) is 8.25. The highest BCUT2D eigenvalue weighted by molar-refractivity contribution is 7.80. The average molecular weight is 237 g/mol. The van der Waals surface area contributed by atoms with Gasteiger partial charge in [0.1, 0.15) is 0 Å². The molecule has 0 unspecified atom stereocenters. The first-order valence-electron chi connectivity index (χ1n) is 5.50. The molecule has 1 aromatic rings. The van der Waals surface area contributed by atoms with E-state index in [0.29, 0.717) is 5.11 Å². The molecule has 0 bridgehead atoms. The van der Waals surface area contributed by atoms with Gasteiger partial charge in [0.25, 0.3) is 0 Å². The third-order valence-electron chi connectivity index (χ3n) is 2.51. The molecule has 0 spiro atoms. The number of nitrogens with one attached hydrogen (secondary N) is 1. The van der Waals surface area contributed by atoms with Gasteiger partial charge in [0.05, 0.1) is 11.4 Å². The minimum atomic E-state index is 0.305. The summed E-state index contributed by atoms with van der Waals surface area (Å²) in [5, 5.41) is 3.34. The van der Waals surface area contributed by atoms with Gasteiger partial charge in [-0.15, -0.1) is 0 Å². The van der Waals surface area contributed by atoms with E-state index in [1.54, 1.807) is 0 Å². The van der Waals surface area contributed by atoms with E-state index < -0.39 is 0 Å². The molecule has 0 amide bonds. The minimum absolute atomic E-state index is 0.305. The smallest absolute Gasteiger partial charge is 0.168 e. The molecule has 1 aromatic carbocycles. The predicted octanol–water partition coefficient (Wildman–Crippen LogP) is 2.50. The molecule has 0 heterocycles.